The van der Waals surface area contributed by atoms with Crippen LogP contribution in [0.5, 0.6) is 0 Å². The fraction of sp³-hybridized carbons (Fsp3) is 0.0370. The average molecular weight is 515 g/mol. The smallest absolute Gasteiger partial charge is 0.173 e. The van der Waals surface area contributed by atoms with E-state index in [1.54, 1.807) is 36.4 Å². The van der Waals surface area contributed by atoms with Crippen LogP contribution in [0.2, 0.25) is 10.0 Å². The van der Waals surface area contributed by atoms with Gasteiger partial charge in [0, 0.05) is 21.2 Å². The lowest BCUT2D eigenvalue weighted by molar-refractivity contribution is 0.102. The van der Waals surface area contributed by atoms with E-state index in [1.807, 2.05) is 42.5 Å². The van der Waals surface area contributed by atoms with Gasteiger partial charge in [0.15, 0.2) is 5.78 Å². The summed E-state index contributed by atoms with van der Waals surface area (Å²) in [6.45, 7) is 0. The molecule has 0 aliphatic rings. The molecule has 3 aromatic carbocycles. The molecule has 35 heavy (non-hydrogen) atoms. The van der Waals surface area contributed by atoms with Crippen molar-refractivity contribution in [1.82, 2.24) is 4.98 Å². The number of hydrogen-bond donors (Lipinski definition) is 1. The maximum atomic E-state index is 12.9. The average Bonchev–Trinajstić information content (AvgIpc) is 2.87. The summed E-state index contributed by atoms with van der Waals surface area (Å²) in [5.74, 6) is -0.0956. The number of nitrogens with zero attached hydrogens (tertiary/aromatic N) is 3. The highest BCUT2D eigenvalue weighted by Gasteiger charge is 2.21. The van der Waals surface area contributed by atoms with Gasteiger partial charge in [0.05, 0.1) is 11.3 Å². The molecule has 0 fully saturated rings. The van der Waals surface area contributed by atoms with Gasteiger partial charge in [0.25, 0.3) is 0 Å². The second-order valence-corrected chi connectivity index (χ2v) is 9.29. The van der Waals surface area contributed by atoms with Crippen LogP contribution in [0.4, 0.5) is 5.82 Å². The number of benzene rings is 3. The minimum Gasteiger partial charge on any atom is -0.383 e. The first-order chi connectivity index (χ1) is 16.9. The topological polar surface area (TPSA) is 104 Å². The zero-order chi connectivity index (χ0) is 24.9. The molecule has 0 bridgehead atoms. The van der Waals surface area contributed by atoms with E-state index in [1.165, 1.54) is 0 Å². The van der Waals surface area contributed by atoms with Gasteiger partial charge in [-0.3, -0.25) is 4.79 Å². The third-order valence-electron chi connectivity index (χ3n) is 5.25. The number of carbonyl (C=O) groups excluding carboxylic acids is 1. The third kappa shape index (κ3) is 5.31. The molecule has 0 aliphatic heterocycles. The first-order valence-corrected chi connectivity index (χ1v) is 12.1. The number of hydrogen-bond acceptors (Lipinski definition) is 6. The first kappa shape index (κ1) is 24.3. The Bertz CT molecular complexity index is 1500. The fourth-order valence-corrected chi connectivity index (χ4v) is 4.75. The maximum absolute atomic E-state index is 12.9. The van der Waals surface area contributed by atoms with E-state index in [0.29, 0.717) is 26.7 Å². The molecule has 1 aromatic heterocycles. The second-order valence-electron chi connectivity index (χ2n) is 7.46. The Balaban J connectivity index is 1.60. The summed E-state index contributed by atoms with van der Waals surface area (Å²) in [7, 11) is 0. The lowest BCUT2D eigenvalue weighted by Crippen LogP contribution is -2.06. The Hall–Kier alpha value is -3.81. The Morgan fingerprint density at radius 1 is 0.857 bits per heavy atom. The molecular weight excluding hydrogens is 499 g/mol. The van der Waals surface area contributed by atoms with Crippen molar-refractivity contribution < 1.29 is 4.79 Å². The molecule has 0 unspecified atom stereocenters. The van der Waals surface area contributed by atoms with Gasteiger partial charge in [0.1, 0.15) is 28.5 Å². The standard InChI is InChI=1S/C27H16Cl2N4OS/c28-20-10-8-17(9-11-20)16-4-6-18(7-5-16)24(34)15-35-27-23(14-31)25(22(13-30)26(32)33-27)19-2-1-3-21(29)12-19/h1-12H,15H2,(H2,32,33). The number of Topliss-reactive ketones (excluding diaryl/α,β-unsaturated/α-hetero) is 1. The molecule has 4 aromatic rings. The van der Waals surface area contributed by atoms with Crippen molar-refractivity contribution >= 4 is 46.6 Å². The Kier molecular flexibility index (Phi) is 7.39. The summed E-state index contributed by atoms with van der Waals surface area (Å²) >= 11 is 13.2. The number of aromatic nitrogens is 1. The van der Waals surface area contributed by atoms with Crippen LogP contribution in [-0.2, 0) is 0 Å². The van der Waals surface area contributed by atoms with Gasteiger partial charge in [-0.1, -0.05) is 83.5 Å². The first-order valence-electron chi connectivity index (χ1n) is 10.3. The number of halogens is 2. The van der Waals surface area contributed by atoms with Gasteiger partial charge in [0.2, 0.25) is 0 Å². The van der Waals surface area contributed by atoms with Crippen molar-refractivity contribution in [3.8, 4) is 34.4 Å². The van der Waals surface area contributed by atoms with Gasteiger partial charge in [-0.25, -0.2) is 4.98 Å². The molecule has 170 valence electrons. The molecule has 8 heteroatoms. The number of pyridine rings is 1. The molecule has 0 atom stereocenters. The van der Waals surface area contributed by atoms with Crippen molar-refractivity contribution in [2.45, 2.75) is 5.03 Å². The minimum absolute atomic E-state index is 0.0104. The van der Waals surface area contributed by atoms with Crippen molar-refractivity contribution in [3.05, 3.63) is 99.5 Å². The zero-order valence-electron chi connectivity index (χ0n) is 18.1. The van der Waals surface area contributed by atoms with Crippen LogP contribution >= 0.6 is 35.0 Å². The molecule has 0 spiro atoms. The van der Waals surface area contributed by atoms with E-state index < -0.39 is 0 Å². The van der Waals surface area contributed by atoms with Crippen molar-refractivity contribution in [2.24, 2.45) is 0 Å². The third-order valence-corrected chi connectivity index (χ3v) is 6.72. The van der Waals surface area contributed by atoms with Gasteiger partial charge >= 0.3 is 0 Å². The molecule has 0 aliphatic carbocycles. The molecule has 0 amide bonds. The highest BCUT2D eigenvalue weighted by atomic mass is 35.5. The number of nitrogens with two attached hydrogens (primary N) is 1. The number of thioether (sulfide) groups is 1. The quantitative estimate of drug-likeness (QED) is 0.219. The molecular formula is C27H16Cl2N4OS. The summed E-state index contributed by atoms with van der Waals surface area (Å²) in [5, 5.41) is 20.9. The molecule has 2 N–H and O–H groups in total. The van der Waals surface area contributed by atoms with E-state index in [0.717, 1.165) is 22.9 Å². The lowest BCUT2D eigenvalue weighted by Gasteiger charge is -2.13. The Labute approximate surface area is 216 Å². The maximum Gasteiger partial charge on any atom is 0.173 e. The Morgan fingerprint density at radius 3 is 2.09 bits per heavy atom. The lowest BCUT2D eigenvalue weighted by atomic mass is 9.97. The monoisotopic (exact) mass is 514 g/mol. The van der Waals surface area contributed by atoms with E-state index in [9.17, 15) is 15.3 Å². The summed E-state index contributed by atoms with van der Waals surface area (Å²) in [4.78, 5) is 17.1. The predicted octanol–water partition coefficient (Wildman–Crippen LogP) is 7.02. The van der Waals surface area contributed by atoms with E-state index >= 15 is 0 Å². The number of nitriles is 2. The predicted molar refractivity (Wildman–Crippen MR) is 140 cm³/mol. The molecule has 0 radical (unpaired) electrons. The summed E-state index contributed by atoms with van der Waals surface area (Å²) in [6.07, 6.45) is 0. The summed E-state index contributed by atoms with van der Waals surface area (Å²) in [5.41, 5.74) is 9.74. The summed E-state index contributed by atoms with van der Waals surface area (Å²) in [6, 6.07) is 25.7. The highest BCUT2D eigenvalue weighted by molar-refractivity contribution is 8.00. The van der Waals surface area contributed by atoms with Crippen molar-refractivity contribution in [3.63, 3.8) is 0 Å². The van der Waals surface area contributed by atoms with Gasteiger partial charge in [-0.05, 0) is 41.0 Å². The van der Waals surface area contributed by atoms with Crippen LogP contribution in [0.1, 0.15) is 21.5 Å². The highest BCUT2D eigenvalue weighted by Crippen LogP contribution is 2.36. The van der Waals surface area contributed by atoms with Crippen molar-refractivity contribution in [1.29, 1.82) is 10.5 Å². The van der Waals surface area contributed by atoms with E-state index in [-0.39, 0.29) is 33.5 Å². The summed E-state index contributed by atoms with van der Waals surface area (Å²) < 4.78 is 0. The van der Waals surface area contributed by atoms with Crippen LogP contribution in [-0.4, -0.2) is 16.5 Å². The minimum atomic E-state index is -0.129. The van der Waals surface area contributed by atoms with Gasteiger partial charge in [-0.15, -0.1) is 0 Å². The largest absolute Gasteiger partial charge is 0.383 e. The molecule has 1 heterocycles. The number of carbonyl (C=O) groups is 1. The van der Waals surface area contributed by atoms with Gasteiger partial charge in [-0.2, -0.15) is 10.5 Å². The molecule has 4 rings (SSSR count). The number of ketones is 1. The molecule has 0 saturated carbocycles. The van der Waals surface area contributed by atoms with Crippen LogP contribution in [0, 0.1) is 22.7 Å². The molecule has 5 nitrogen and oxygen atoms in total. The SMILES string of the molecule is N#Cc1c(N)nc(SCC(=O)c2ccc(-c3ccc(Cl)cc3)cc2)c(C#N)c1-c1cccc(Cl)c1. The normalized spacial score (nSPS) is 10.4. The van der Waals surface area contributed by atoms with Crippen LogP contribution in [0.15, 0.2) is 77.8 Å². The van der Waals surface area contributed by atoms with Crippen LogP contribution in [0.25, 0.3) is 22.3 Å². The van der Waals surface area contributed by atoms with Crippen molar-refractivity contribution in [2.75, 3.05) is 11.5 Å². The molecule has 0 saturated heterocycles. The Morgan fingerprint density at radius 2 is 1.49 bits per heavy atom. The second kappa shape index (κ2) is 10.6. The van der Waals surface area contributed by atoms with E-state index in [4.69, 9.17) is 28.9 Å². The zero-order valence-corrected chi connectivity index (χ0v) is 20.5. The van der Waals surface area contributed by atoms with Gasteiger partial charge < -0.3 is 5.73 Å². The van der Waals surface area contributed by atoms with E-state index in [2.05, 4.69) is 11.1 Å². The number of nitrogen functional groups attached to an aromatic ring is 1. The fourth-order valence-electron chi connectivity index (χ4n) is 3.54. The van der Waals surface area contributed by atoms with Crippen LogP contribution < -0.4 is 5.73 Å². The number of rotatable bonds is 6. The van der Waals surface area contributed by atoms with Crippen LogP contribution in [0.3, 0.4) is 0 Å². The number of anilines is 1.